The molecule has 0 aromatic heterocycles. The number of allylic oxidation sites excluding steroid dienone is 8. The molecule has 2 aliphatic rings. The predicted octanol–water partition coefficient (Wildman–Crippen LogP) is 2.16. The molecule has 68 valence electrons. The Hall–Kier alpha value is -1.57. The second-order valence-corrected chi connectivity index (χ2v) is 2.51. The molecule has 0 aliphatic heterocycles. The predicted molar refractivity (Wildman–Crippen MR) is 52.1 cm³/mol. The Kier molecular flexibility index (Phi) is 3.76. The van der Waals surface area contributed by atoms with Gasteiger partial charge in [0.05, 0.1) is 6.61 Å². The molecule has 0 saturated heterocycles. The maximum Gasteiger partial charge on any atom is 0.293 e. The fourth-order valence-corrected chi connectivity index (χ4v) is 1.07. The van der Waals surface area contributed by atoms with Crippen LogP contribution >= 0.6 is 0 Å². The largest absolute Gasteiger partial charge is 0.468 e. The van der Waals surface area contributed by atoms with Crippen LogP contribution in [0.2, 0.25) is 0 Å². The summed E-state index contributed by atoms with van der Waals surface area (Å²) in [6.45, 7) is 2.66. The Morgan fingerprint density at radius 1 is 1.23 bits per heavy atom. The highest BCUT2D eigenvalue weighted by atomic mass is 16.5. The molecule has 2 heteroatoms. The van der Waals surface area contributed by atoms with Crippen LogP contribution in [0.4, 0.5) is 0 Å². The summed E-state index contributed by atoms with van der Waals surface area (Å²) < 4.78 is 4.15. The minimum Gasteiger partial charge on any atom is -0.468 e. The maximum atomic E-state index is 9.18. The molecule has 0 saturated carbocycles. The molecule has 0 fully saturated rings. The summed E-state index contributed by atoms with van der Waals surface area (Å²) in [6.07, 6.45) is 12.6. The summed E-state index contributed by atoms with van der Waals surface area (Å²) in [6, 6.07) is 0. The third kappa shape index (κ3) is 2.75. The van der Waals surface area contributed by atoms with Crippen LogP contribution < -0.4 is 0 Å². The van der Waals surface area contributed by atoms with Gasteiger partial charge in [0.2, 0.25) is 0 Å². The fraction of sp³-hybridized carbons (Fsp3) is 0.182. The Morgan fingerprint density at radius 3 is 2.08 bits per heavy atom. The summed E-state index contributed by atoms with van der Waals surface area (Å²) in [5.41, 5.74) is 2.70. The summed E-state index contributed by atoms with van der Waals surface area (Å²) in [5, 5.41) is 0. The van der Waals surface area contributed by atoms with Gasteiger partial charge in [-0.25, -0.2) is 0 Å². The zero-order valence-corrected chi connectivity index (χ0v) is 7.57. The molecule has 13 heavy (non-hydrogen) atoms. The first kappa shape index (κ1) is 9.52. The van der Waals surface area contributed by atoms with Gasteiger partial charge in [-0.05, 0) is 18.1 Å². The lowest BCUT2D eigenvalue weighted by Crippen LogP contribution is -1.80. The lowest BCUT2D eigenvalue weighted by Gasteiger charge is -1.85. The molecule has 2 rings (SSSR count). The fourth-order valence-electron chi connectivity index (χ4n) is 1.07. The highest BCUT2D eigenvalue weighted by Gasteiger charge is 2.04. The minimum absolute atomic E-state index is 0.431. The molecule has 0 atom stereocenters. The number of fused-ring (bicyclic) bond motifs is 1. The molecule has 2 nitrogen and oxygen atoms in total. The van der Waals surface area contributed by atoms with E-state index in [2.05, 4.69) is 41.2 Å². The number of carbonyl (C=O) groups excluding carboxylic acids is 1. The van der Waals surface area contributed by atoms with Crippen molar-refractivity contribution in [3.63, 3.8) is 0 Å². The van der Waals surface area contributed by atoms with E-state index in [-0.39, 0.29) is 0 Å². The highest BCUT2D eigenvalue weighted by molar-refractivity contribution is 5.59. The van der Waals surface area contributed by atoms with Crippen molar-refractivity contribution in [2.24, 2.45) is 0 Å². The van der Waals surface area contributed by atoms with Crippen LogP contribution in [0.15, 0.2) is 47.6 Å². The Morgan fingerprint density at radius 2 is 1.77 bits per heavy atom. The van der Waals surface area contributed by atoms with Gasteiger partial charge in [-0.3, -0.25) is 4.79 Å². The Labute approximate surface area is 77.9 Å². The molecular weight excluding hydrogens is 164 g/mol. The second kappa shape index (κ2) is 5.14. The van der Waals surface area contributed by atoms with Crippen molar-refractivity contribution < 1.29 is 9.53 Å². The van der Waals surface area contributed by atoms with Crippen LogP contribution in [0.1, 0.15) is 6.92 Å². The van der Waals surface area contributed by atoms with Gasteiger partial charge in [0, 0.05) is 0 Å². The van der Waals surface area contributed by atoms with Crippen LogP contribution in [0, 0.1) is 0 Å². The van der Waals surface area contributed by atoms with Gasteiger partial charge in [-0.1, -0.05) is 36.5 Å². The van der Waals surface area contributed by atoms with Crippen molar-refractivity contribution in [2.45, 2.75) is 6.92 Å². The second-order valence-electron chi connectivity index (χ2n) is 2.51. The average Bonchev–Trinajstić information content (AvgIpc) is 2.66. The number of ether oxygens (including phenoxy) is 1. The van der Waals surface area contributed by atoms with Gasteiger partial charge >= 0.3 is 0 Å². The smallest absolute Gasteiger partial charge is 0.293 e. The Balaban J connectivity index is 0.000000149. The van der Waals surface area contributed by atoms with Crippen LogP contribution in [0.3, 0.4) is 0 Å². The van der Waals surface area contributed by atoms with Crippen LogP contribution in [0.5, 0.6) is 0 Å². The first-order chi connectivity index (χ1) is 6.38. The van der Waals surface area contributed by atoms with Gasteiger partial charge in [0.1, 0.15) is 0 Å². The van der Waals surface area contributed by atoms with Crippen molar-refractivity contribution in [2.75, 3.05) is 6.61 Å². The number of hydrogen-bond donors (Lipinski definition) is 0. The zero-order chi connectivity index (χ0) is 9.52. The topological polar surface area (TPSA) is 26.3 Å². The van der Waals surface area contributed by atoms with E-state index >= 15 is 0 Å². The summed E-state index contributed by atoms with van der Waals surface area (Å²) in [7, 11) is 0. The van der Waals surface area contributed by atoms with Crippen LogP contribution in [0.25, 0.3) is 0 Å². The number of carbonyl (C=O) groups is 1. The third-order valence-electron chi connectivity index (χ3n) is 1.67. The van der Waals surface area contributed by atoms with Gasteiger partial charge in [0.25, 0.3) is 6.47 Å². The molecule has 0 bridgehead atoms. The van der Waals surface area contributed by atoms with Crippen molar-refractivity contribution in [3.8, 4) is 0 Å². The molecule has 0 aromatic rings. The molecule has 2 aliphatic carbocycles. The normalized spacial score (nSPS) is 15.5. The van der Waals surface area contributed by atoms with Crippen LogP contribution in [-0.4, -0.2) is 13.1 Å². The standard InChI is InChI=1S/C8H6.C3H6O2/c1-3-7-5-2-6-8(7)4-1;1-2-5-3-4/h1-6H;3H,2H2,1H3. The highest BCUT2D eigenvalue weighted by Crippen LogP contribution is 2.23. The van der Waals surface area contributed by atoms with E-state index < -0.39 is 0 Å². The molecule has 0 amide bonds. The van der Waals surface area contributed by atoms with Gasteiger partial charge < -0.3 is 4.74 Å². The monoisotopic (exact) mass is 176 g/mol. The van der Waals surface area contributed by atoms with Gasteiger partial charge in [0.15, 0.2) is 0 Å². The quantitative estimate of drug-likeness (QED) is 0.602. The molecule has 0 unspecified atom stereocenters. The average molecular weight is 176 g/mol. The van der Waals surface area contributed by atoms with E-state index in [0.29, 0.717) is 13.1 Å². The number of rotatable bonds is 2. The number of hydrogen-bond acceptors (Lipinski definition) is 2. The SMILES string of the molecule is C1=CC2=CC=CC2=C1.CCOC=O. The molecular formula is C11H12O2. The van der Waals surface area contributed by atoms with Crippen molar-refractivity contribution in [3.05, 3.63) is 47.6 Å². The lowest BCUT2D eigenvalue weighted by molar-refractivity contribution is -0.128. The van der Waals surface area contributed by atoms with Crippen LogP contribution in [-0.2, 0) is 9.53 Å². The Bertz CT molecular complexity index is 267. The summed E-state index contributed by atoms with van der Waals surface area (Å²) >= 11 is 0. The molecule has 0 N–H and O–H groups in total. The van der Waals surface area contributed by atoms with E-state index in [1.807, 2.05) is 0 Å². The van der Waals surface area contributed by atoms with E-state index in [1.165, 1.54) is 11.1 Å². The van der Waals surface area contributed by atoms with E-state index in [9.17, 15) is 4.79 Å². The molecule has 0 radical (unpaired) electrons. The molecule has 0 aromatic carbocycles. The van der Waals surface area contributed by atoms with E-state index in [4.69, 9.17) is 0 Å². The molecule has 0 spiro atoms. The maximum absolute atomic E-state index is 9.18. The third-order valence-corrected chi connectivity index (χ3v) is 1.67. The minimum atomic E-state index is 0.431. The molecule has 0 heterocycles. The first-order valence-electron chi connectivity index (χ1n) is 4.21. The van der Waals surface area contributed by atoms with E-state index in [0.717, 1.165) is 0 Å². The summed E-state index contributed by atoms with van der Waals surface area (Å²) in [4.78, 5) is 9.18. The van der Waals surface area contributed by atoms with Crippen molar-refractivity contribution in [1.82, 2.24) is 0 Å². The van der Waals surface area contributed by atoms with Crippen molar-refractivity contribution in [1.29, 1.82) is 0 Å². The van der Waals surface area contributed by atoms with E-state index in [1.54, 1.807) is 6.92 Å². The lowest BCUT2D eigenvalue weighted by atomic mass is 10.2. The van der Waals surface area contributed by atoms with Gasteiger partial charge in [-0.15, -0.1) is 0 Å². The van der Waals surface area contributed by atoms with Crippen molar-refractivity contribution >= 4 is 6.47 Å². The first-order valence-corrected chi connectivity index (χ1v) is 4.21. The van der Waals surface area contributed by atoms with Gasteiger partial charge in [-0.2, -0.15) is 0 Å². The zero-order valence-electron chi connectivity index (χ0n) is 7.57. The summed E-state index contributed by atoms with van der Waals surface area (Å²) in [5.74, 6) is 0.